The van der Waals surface area contributed by atoms with Gasteiger partial charge in [-0.05, 0) is 45.0 Å². The molecule has 1 atom stereocenters. The molecule has 20 heavy (non-hydrogen) atoms. The molecule has 0 spiro atoms. The Bertz CT molecular complexity index is 572. The summed E-state index contributed by atoms with van der Waals surface area (Å²) in [5, 5.41) is 0. The smallest absolute Gasteiger partial charge is 0.210 e. The molecule has 0 aromatic heterocycles. The lowest BCUT2D eigenvalue weighted by Gasteiger charge is -2.48. The Morgan fingerprint density at radius 3 is 2.15 bits per heavy atom. The van der Waals surface area contributed by atoms with Crippen molar-refractivity contribution >= 4 is 9.84 Å². The lowest BCUT2D eigenvalue weighted by molar-refractivity contribution is -0.00493. The molecule has 112 valence electrons. The maximum absolute atomic E-state index is 14.3. The van der Waals surface area contributed by atoms with E-state index in [0.717, 1.165) is 24.3 Å². The molecule has 0 bridgehead atoms. The molecule has 1 heterocycles. The average Bonchev–Trinajstić information content (AvgIpc) is 2.25. The predicted molar refractivity (Wildman–Crippen MR) is 73.3 cm³/mol. The molecule has 0 amide bonds. The Morgan fingerprint density at radius 2 is 1.70 bits per heavy atom. The highest BCUT2D eigenvalue weighted by atomic mass is 32.2. The fourth-order valence-corrected chi connectivity index (χ4v) is 3.69. The number of alkyl halides is 1. The van der Waals surface area contributed by atoms with Crippen LogP contribution >= 0.6 is 0 Å². The molecule has 0 saturated carbocycles. The van der Waals surface area contributed by atoms with Crippen molar-refractivity contribution in [1.82, 2.24) is 4.90 Å². The summed E-state index contributed by atoms with van der Waals surface area (Å²) in [5.74, 6) is -1.06. The van der Waals surface area contributed by atoms with E-state index < -0.39 is 27.1 Å². The first-order valence-electron chi connectivity index (χ1n) is 6.51. The SMILES string of the molecule is CC(C)(C)N1CC(C(F)S(=O)(=O)c2ccc(F)cc2)C1. The van der Waals surface area contributed by atoms with Gasteiger partial charge in [0.05, 0.1) is 4.90 Å². The maximum Gasteiger partial charge on any atom is 0.210 e. The number of likely N-dealkylation sites (tertiary alicyclic amines) is 1. The molecule has 1 aliphatic heterocycles. The number of hydrogen-bond acceptors (Lipinski definition) is 3. The van der Waals surface area contributed by atoms with Crippen LogP contribution in [0, 0.1) is 11.7 Å². The second-order valence-corrected chi connectivity index (χ2v) is 8.20. The molecule has 1 aliphatic rings. The van der Waals surface area contributed by atoms with Crippen LogP contribution in [0.5, 0.6) is 0 Å². The highest BCUT2D eigenvalue weighted by molar-refractivity contribution is 7.92. The summed E-state index contributed by atoms with van der Waals surface area (Å²) in [6, 6.07) is 4.28. The minimum absolute atomic E-state index is 0.0874. The van der Waals surface area contributed by atoms with Crippen molar-refractivity contribution in [3.05, 3.63) is 30.1 Å². The van der Waals surface area contributed by atoms with Crippen LogP contribution in [0.15, 0.2) is 29.2 Å². The van der Waals surface area contributed by atoms with Crippen LogP contribution in [0.25, 0.3) is 0 Å². The van der Waals surface area contributed by atoms with Crippen molar-refractivity contribution in [3.8, 4) is 0 Å². The highest BCUT2D eigenvalue weighted by Gasteiger charge is 2.44. The van der Waals surface area contributed by atoms with Crippen LogP contribution in [0.1, 0.15) is 20.8 Å². The summed E-state index contributed by atoms with van der Waals surface area (Å²) in [6.45, 7) is 6.86. The first-order chi connectivity index (χ1) is 9.12. The number of benzene rings is 1. The maximum atomic E-state index is 14.3. The van der Waals surface area contributed by atoms with Crippen LogP contribution < -0.4 is 0 Å². The highest BCUT2D eigenvalue weighted by Crippen LogP contribution is 2.33. The zero-order valence-electron chi connectivity index (χ0n) is 11.8. The Labute approximate surface area is 118 Å². The van der Waals surface area contributed by atoms with Crippen molar-refractivity contribution in [2.45, 2.75) is 36.7 Å². The summed E-state index contributed by atoms with van der Waals surface area (Å²) in [5.41, 5.74) is -2.03. The molecule has 3 nitrogen and oxygen atoms in total. The monoisotopic (exact) mass is 303 g/mol. The van der Waals surface area contributed by atoms with Crippen molar-refractivity contribution in [3.63, 3.8) is 0 Å². The van der Waals surface area contributed by atoms with Gasteiger partial charge >= 0.3 is 0 Å². The van der Waals surface area contributed by atoms with Gasteiger partial charge in [0.1, 0.15) is 5.82 Å². The predicted octanol–water partition coefficient (Wildman–Crippen LogP) is 2.63. The minimum Gasteiger partial charge on any atom is -0.298 e. The van der Waals surface area contributed by atoms with Crippen LogP contribution in [0.4, 0.5) is 8.78 Å². The van der Waals surface area contributed by atoms with Crippen molar-refractivity contribution in [2.75, 3.05) is 13.1 Å². The fourth-order valence-electron chi connectivity index (χ4n) is 2.23. The van der Waals surface area contributed by atoms with E-state index in [1.165, 1.54) is 0 Å². The largest absolute Gasteiger partial charge is 0.298 e. The van der Waals surface area contributed by atoms with E-state index in [0.29, 0.717) is 13.1 Å². The van der Waals surface area contributed by atoms with Gasteiger partial charge < -0.3 is 0 Å². The van der Waals surface area contributed by atoms with E-state index >= 15 is 0 Å². The Balaban J connectivity index is 2.10. The van der Waals surface area contributed by atoms with E-state index in [4.69, 9.17) is 0 Å². The standard InChI is InChI=1S/C14H19F2NO2S/c1-14(2,3)17-8-10(9-17)13(16)20(18,19)12-6-4-11(15)5-7-12/h4-7,10,13H,8-9H2,1-3H3. The van der Waals surface area contributed by atoms with Crippen LogP contribution in [-0.4, -0.2) is 37.4 Å². The van der Waals surface area contributed by atoms with Crippen LogP contribution in [-0.2, 0) is 9.84 Å². The molecular formula is C14H19F2NO2S. The summed E-state index contributed by atoms with van der Waals surface area (Å²) in [6.07, 6.45) is 0. The number of halogens is 2. The van der Waals surface area contributed by atoms with E-state index in [1.807, 2.05) is 25.7 Å². The third-order valence-electron chi connectivity index (χ3n) is 3.67. The molecular weight excluding hydrogens is 284 g/mol. The van der Waals surface area contributed by atoms with Gasteiger partial charge in [-0.2, -0.15) is 0 Å². The third kappa shape index (κ3) is 2.86. The van der Waals surface area contributed by atoms with E-state index in [-0.39, 0.29) is 10.4 Å². The average molecular weight is 303 g/mol. The van der Waals surface area contributed by atoms with Gasteiger partial charge in [-0.1, -0.05) is 0 Å². The van der Waals surface area contributed by atoms with Crippen molar-refractivity contribution < 1.29 is 17.2 Å². The van der Waals surface area contributed by atoms with Gasteiger partial charge in [-0.25, -0.2) is 17.2 Å². The molecule has 2 rings (SSSR count). The van der Waals surface area contributed by atoms with Gasteiger partial charge in [0.15, 0.2) is 0 Å². The molecule has 0 N–H and O–H groups in total. The van der Waals surface area contributed by atoms with Gasteiger partial charge in [0, 0.05) is 24.5 Å². The molecule has 0 radical (unpaired) electrons. The summed E-state index contributed by atoms with van der Waals surface area (Å²) in [4.78, 5) is 1.87. The fraction of sp³-hybridized carbons (Fsp3) is 0.571. The molecule has 1 unspecified atom stereocenters. The third-order valence-corrected chi connectivity index (χ3v) is 5.57. The van der Waals surface area contributed by atoms with Gasteiger partial charge in [-0.15, -0.1) is 0 Å². The number of hydrogen-bond donors (Lipinski definition) is 0. The molecule has 1 fully saturated rings. The van der Waals surface area contributed by atoms with E-state index in [1.54, 1.807) is 0 Å². The first kappa shape index (κ1) is 15.4. The second kappa shape index (κ2) is 5.07. The molecule has 6 heteroatoms. The van der Waals surface area contributed by atoms with Gasteiger partial charge in [0.25, 0.3) is 0 Å². The lowest BCUT2D eigenvalue weighted by Crippen LogP contribution is -2.59. The molecule has 1 aromatic rings. The van der Waals surface area contributed by atoms with E-state index in [2.05, 4.69) is 0 Å². The second-order valence-electron chi connectivity index (χ2n) is 6.19. The van der Waals surface area contributed by atoms with Crippen LogP contribution in [0.3, 0.4) is 0 Å². The van der Waals surface area contributed by atoms with Gasteiger partial charge in [-0.3, -0.25) is 4.90 Å². The van der Waals surface area contributed by atoms with Crippen molar-refractivity contribution in [1.29, 1.82) is 0 Å². The summed E-state index contributed by atoms with van der Waals surface area (Å²) >= 11 is 0. The zero-order valence-corrected chi connectivity index (χ0v) is 12.6. The van der Waals surface area contributed by atoms with Crippen LogP contribution in [0.2, 0.25) is 0 Å². The Hall–Kier alpha value is -1.01. The normalized spacial score (nSPS) is 19.6. The lowest BCUT2D eigenvalue weighted by atomic mass is 9.93. The Kier molecular flexibility index (Phi) is 3.90. The summed E-state index contributed by atoms with van der Waals surface area (Å²) in [7, 11) is -4.04. The molecule has 1 saturated heterocycles. The first-order valence-corrected chi connectivity index (χ1v) is 8.05. The quantitative estimate of drug-likeness (QED) is 0.806. The number of rotatable bonds is 3. The molecule has 1 aromatic carbocycles. The molecule has 0 aliphatic carbocycles. The zero-order chi connectivity index (χ0) is 15.1. The van der Waals surface area contributed by atoms with E-state index in [9.17, 15) is 17.2 Å². The minimum atomic E-state index is -4.04. The number of sulfone groups is 1. The Morgan fingerprint density at radius 1 is 1.20 bits per heavy atom. The topological polar surface area (TPSA) is 37.4 Å². The van der Waals surface area contributed by atoms with Gasteiger partial charge in [0.2, 0.25) is 15.3 Å². The van der Waals surface area contributed by atoms with Crippen molar-refractivity contribution in [2.24, 2.45) is 5.92 Å². The number of nitrogens with zero attached hydrogens (tertiary/aromatic N) is 1. The summed E-state index contributed by atoms with van der Waals surface area (Å²) < 4.78 is 51.3.